The van der Waals surface area contributed by atoms with Crippen molar-refractivity contribution < 1.29 is 13.2 Å². The zero-order valence-electron chi connectivity index (χ0n) is 12.6. The lowest BCUT2D eigenvalue weighted by atomic mass is 10.2. The molecule has 0 aromatic carbocycles. The molecular formula is C14H23N3O3S. The molecule has 1 amide bonds. The Morgan fingerprint density at radius 1 is 1.48 bits per heavy atom. The summed E-state index contributed by atoms with van der Waals surface area (Å²) in [5, 5.41) is 0. The summed E-state index contributed by atoms with van der Waals surface area (Å²) in [7, 11) is -3.01. The lowest BCUT2D eigenvalue weighted by Crippen LogP contribution is -2.41. The molecule has 0 bridgehead atoms. The summed E-state index contributed by atoms with van der Waals surface area (Å²) in [6.45, 7) is 5.12. The summed E-state index contributed by atoms with van der Waals surface area (Å²) >= 11 is 0. The highest BCUT2D eigenvalue weighted by Gasteiger charge is 2.35. The van der Waals surface area contributed by atoms with E-state index >= 15 is 0 Å². The van der Waals surface area contributed by atoms with Gasteiger partial charge in [-0.1, -0.05) is 6.92 Å². The average Bonchev–Trinajstić information content (AvgIpc) is 2.94. The summed E-state index contributed by atoms with van der Waals surface area (Å²) in [6, 6.07) is 1.45. The van der Waals surface area contributed by atoms with Crippen molar-refractivity contribution in [3.05, 3.63) is 18.0 Å². The zero-order chi connectivity index (χ0) is 15.6. The fourth-order valence-electron chi connectivity index (χ4n) is 2.87. The van der Waals surface area contributed by atoms with Crippen molar-refractivity contribution in [1.29, 1.82) is 0 Å². The van der Waals surface area contributed by atoms with E-state index in [2.05, 4.69) is 0 Å². The molecule has 2 rings (SSSR count). The third kappa shape index (κ3) is 3.40. The Labute approximate surface area is 125 Å². The average molecular weight is 313 g/mol. The van der Waals surface area contributed by atoms with E-state index in [4.69, 9.17) is 5.73 Å². The topological polar surface area (TPSA) is 85.4 Å². The van der Waals surface area contributed by atoms with Crippen LogP contribution in [-0.4, -0.2) is 47.9 Å². The number of nitrogens with two attached hydrogens (primary N) is 1. The molecule has 1 aromatic rings. The van der Waals surface area contributed by atoms with Crippen LogP contribution in [-0.2, 0) is 16.4 Å². The third-order valence-electron chi connectivity index (χ3n) is 3.85. The van der Waals surface area contributed by atoms with Crippen molar-refractivity contribution in [2.45, 2.75) is 39.3 Å². The van der Waals surface area contributed by atoms with E-state index in [0.29, 0.717) is 24.3 Å². The summed E-state index contributed by atoms with van der Waals surface area (Å²) < 4.78 is 25.1. The number of anilines is 1. The zero-order valence-corrected chi connectivity index (χ0v) is 13.4. The molecule has 1 unspecified atom stereocenters. The van der Waals surface area contributed by atoms with E-state index < -0.39 is 9.84 Å². The van der Waals surface area contributed by atoms with Crippen LogP contribution in [0.3, 0.4) is 0 Å². The summed E-state index contributed by atoms with van der Waals surface area (Å²) in [5.74, 6) is 0.0978. The summed E-state index contributed by atoms with van der Waals surface area (Å²) in [6.07, 6.45) is 3.18. The highest BCUT2D eigenvalue weighted by molar-refractivity contribution is 7.91. The molecule has 2 N–H and O–H groups in total. The van der Waals surface area contributed by atoms with Crippen LogP contribution in [0.2, 0.25) is 0 Å². The molecule has 7 heteroatoms. The minimum absolute atomic E-state index is 0.0660. The monoisotopic (exact) mass is 313 g/mol. The van der Waals surface area contributed by atoms with Gasteiger partial charge < -0.3 is 15.2 Å². The fraction of sp³-hybridized carbons (Fsp3) is 0.643. The van der Waals surface area contributed by atoms with Crippen LogP contribution in [0.25, 0.3) is 0 Å². The van der Waals surface area contributed by atoms with E-state index in [1.807, 2.05) is 18.4 Å². The van der Waals surface area contributed by atoms with Crippen LogP contribution in [0, 0.1) is 0 Å². The van der Waals surface area contributed by atoms with Crippen LogP contribution in [0.1, 0.15) is 37.2 Å². The number of carbonyl (C=O) groups is 1. The van der Waals surface area contributed by atoms with Gasteiger partial charge in [-0.05, 0) is 25.8 Å². The van der Waals surface area contributed by atoms with Crippen molar-refractivity contribution >= 4 is 21.4 Å². The second-order valence-corrected chi connectivity index (χ2v) is 7.73. The molecule has 118 valence electrons. The van der Waals surface area contributed by atoms with Gasteiger partial charge in [0.1, 0.15) is 5.69 Å². The minimum Gasteiger partial charge on any atom is -0.397 e. The standard InChI is InChI=1S/C14H23N3O3S/c1-3-6-16-9-11(15)8-13(16)14(18)17(4-2)12-5-7-21(19,20)10-12/h8-9,12H,3-7,10,15H2,1-2H3. The number of carbonyl (C=O) groups excluding carboxylic acids is 1. The maximum Gasteiger partial charge on any atom is 0.270 e. The van der Waals surface area contributed by atoms with Crippen molar-refractivity contribution in [2.75, 3.05) is 23.8 Å². The largest absolute Gasteiger partial charge is 0.397 e. The normalized spacial score (nSPS) is 20.6. The van der Waals surface area contributed by atoms with E-state index in [-0.39, 0.29) is 23.5 Å². The number of hydrogen-bond donors (Lipinski definition) is 1. The van der Waals surface area contributed by atoms with Crippen molar-refractivity contribution in [1.82, 2.24) is 9.47 Å². The molecule has 1 fully saturated rings. The summed E-state index contributed by atoms with van der Waals surface area (Å²) in [4.78, 5) is 14.4. The number of aromatic nitrogens is 1. The molecule has 2 heterocycles. The van der Waals surface area contributed by atoms with Gasteiger partial charge in [0.05, 0.1) is 17.2 Å². The number of sulfone groups is 1. The van der Waals surface area contributed by atoms with E-state index in [1.165, 1.54) is 0 Å². The molecule has 21 heavy (non-hydrogen) atoms. The van der Waals surface area contributed by atoms with Crippen LogP contribution in [0.4, 0.5) is 5.69 Å². The number of nitrogens with zero attached hydrogens (tertiary/aromatic N) is 2. The molecule has 1 atom stereocenters. The number of nitrogen functional groups attached to an aromatic ring is 1. The molecule has 1 aliphatic rings. The fourth-order valence-corrected chi connectivity index (χ4v) is 4.60. The highest BCUT2D eigenvalue weighted by atomic mass is 32.2. The van der Waals surface area contributed by atoms with Crippen molar-refractivity contribution in [3.63, 3.8) is 0 Å². The van der Waals surface area contributed by atoms with Gasteiger partial charge in [0.2, 0.25) is 0 Å². The molecule has 1 saturated heterocycles. The van der Waals surface area contributed by atoms with Crippen molar-refractivity contribution in [3.8, 4) is 0 Å². The highest BCUT2D eigenvalue weighted by Crippen LogP contribution is 2.21. The first-order valence-electron chi connectivity index (χ1n) is 7.35. The van der Waals surface area contributed by atoms with Crippen LogP contribution in [0.5, 0.6) is 0 Å². The molecule has 1 aromatic heterocycles. The van der Waals surface area contributed by atoms with Gasteiger partial charge in [-0.2, -0.15) is 0 Å². The minimum atomic E-state index is -3.01. The lowest BCUT2D eigenvalue weighted by molar-refractivity contribution is 0.0697. The Kier molecular flexibility index (Phi) is 4.61. The van der Waals surface area contributed by atoms with Gasteiger partial charge in [0.15, 0.2) is 9.84 Å². The predicted molar refractivity (Wildman–Crippen MR) is 82.9 cm³/mol. The Balaban J connectivity index is 2.24. The van der Waals surface area contributed by atoms with Crippen molar-refractivity contribution in [2.24, 2.45) is 0 Å². The molecule has 1 aliphatic heterocycles. The quantitative estimate of drug-likeness (QED) is 0.883. The third-order valence-corrected chi connectivity index (χ3v) is 5.60. The maximum atomic E-state index is 12.7. The van der Waals surface area contributed by atoms with E-state index in [9.17, 15) is 13.2 Å². The summed E-state index contributed by atoms with van der Waals surface area (Å²) in [5.41, 5.74) is 6.90. The Bertz CT molecular complexity index is 621. The van der Waals surface area contributed by atoms with Gasteiger partial charge in [0, 0.05) is 25.3 Å². The first kappa shape index (κ1) is 15.9. The Morgan fingerprint density at radius 2 is 2.19 bits per heavy atom. The van der Waals surface area contributed by atoms with Crippen LogP contribution < -0.4 is 5.73 Å². The first-order chi connectivity index (χ1) is 9.88. The number of amides is 1. The second-order valence-electron chi connectivity index (χ2n) is 5.50. The van der Waals surface area contributed by atoms with Gasteiger partial charge >= 0.3 is 0 Å². The Morgan fingerprint density at radius 3 is 2.71 bits per heavy atom. The molecule has 0 saturated carbocycles. The van der Waals surface area contributed by atoms with Gasteiger partial charge in [-0.15, -0.1) is 0 Å². The van der Waals surface area contributed by atoms with Gasteiger partial charge in [-0.25, -0.2) is 8.42 Å². The second kappa shape index (κ2) is 6.09. The van der Waals surface area contributed by atoms with E-state index in [1.54, 1.807) is 17.2 Å². The van der Waals surface area contributed by atoms with Crippen LogP contribution in [0.15, 0.2) is 12.3 Å². The Hall–Kier alpha value is -1.50. The number of rotatable bonds is 5. The lowest BCUT2D eigenvalue weighted by Gasteiger charge is -2.27. The molecule has 0 spiro atoms. The molecule has 6 nitrogen and oxygen atoms in total. The van der Waals surface area contributed by atoms with Gasteiger partial charge in [0.25, 0.3) is 5.91 Å². The smallest absolute Gasteiger partial charge is 0.270 e. The van der Waals surface area contributed by atoms with Crippen LogP contribution >= 0.6 is 0 Å². The molecule has 0 aliphatic carbocycles. The maximum absolute atomic E-state index is 12.7. The number of aryl methyl sites for hydroxylation is 1. The number of hydrogen-bond acceptors (Lipinski definition) is 4. The molecule has 0 radical (unpaired) electrons. The van der Waals surface area contributed by atoms with Gasteiger partial charge in [-0.3, -0.25) is 4.79 Å². The SMILES string of the molecule is CCCn1cc(N)cc1C(=O)N(CC)C1CCS(=O)(=O)C1. The van der Waals surface area contributed by atoms with E-state index in [0.717, 1.165) is 13.0 Å². The molecular weight excluding hydrogens is 290 g/mol. The first-order valence-corrected chi connectivity index (χ1v) is 9.17. The predicted octanol–water partition coefficient (Wildman–Crippen LogP) is 1.13.